The first-order valence-corrected chi connectivity index (χ1v) is 6.38. The van der Waals surface area contributed by atoms with Crippen molar-refractivity contribution in [2.24, 2.45) is 5.41 Å². The van der Waals surface area contributed by atoms with E-state index >= 15 is 0 Å². The Labute approximate surface area is 103 Å². The Morgan fingerprint density at radius 2 is 2.06 bits per heavy atom. The normalized spacial score (nSPS) is 22.4. The third-order valence-corrected chi connectivity index (χ3v) is 3.54. The molecule has 1 unspecified atom stereocenters. The monoisotopic (exact) mass is 231 g/mol. The molecule has 1 amide bonds. The zero-order chi connectivity index (χ0) is 12.3. The molecular formula is C15H21NO. The summed E-state index contributed by atoms with van der Waals surface area (Å²) >= 11 is 0. The van der Waals surface area contributed by atoms with Crippen molar-refractivity contribution in [2.45, 2.75) is 45.6 Å². The minimum Gasteiger partial charge on any atom is -0.353 e. The molecule has 1 N–H and O–H groups in total. The van der Waals surface area contributed by atoms with Crippen LogP contribution in [0.5, 0.6) is 0 Å². The van der Waals surface area contributed by atoms with Crippen LogP contribution in [0.3, 0.4) is 0 Å². The average Bonchev–Trinajstić information content (AvgIpc) is 2.59. The van der Waals surface area contributed by atoms with Crippen molar-refractivity contribution >= 4 is 5.91 Å². The lowest BCUT2D eigenvalue weighted by Gasteiger charge is -2.17. The van der Waals surface area contributed by atoms with Gasteiger partial charge in [-0.2, -0.15) is 0 Å². The largest absolute Gasteiger partial charge is 0.353 e. The van der Waals surface area contributed by atoms with Crippen LogP contribution in [0.2, 0.25) is 0 Å². The molecule has 92 valence electrons. The van der Waals surface area contributed by atoms with Crippen molar-refractivity contribution in [3.05, 3.63) is 35.9 Å². The molecule has 2 rings (SSSR count). The Balaban J connectivity index is 1.83. The standard InChI is InChI=1S/C15H21NO/c1-15(2)9-8-13(11-15)16-14(17)10-12-6-4-3-5-7-12/h3-7,13H,8-11H2,1-2H3,(H,16,17). The molecule has 1 aromatic rings. The first kappa shape index (κ1) is 12.2. The van der Waals surface area contributed by atoms with Crippen molar-refractivity contribution in [1.29, 1.82) is 0 Å². The minimum atomic E-state index is 0.152. The fourth-order valence-electron chi connectivity index (χ4n) is 2.62. The molecule has 0 bridgehead atoms. The Morgan fingerprint density at radius 3 is 2.65 bits per heavy atom. The number of rotatable bonds is 3. The summed E-state index contributed by atoms with van der Waals surface area (Å²) in [4.78, 5) is 11.9. The summed E-state index contributed by atoms with van der Waals surface area (Å²) < 4.78 is 0. The van der Waals surface area contributed by atoms with E-state index in [1.807, 2.05) is 30.3 Å². The van der Waals surface area contributed by atoms with Crippen molar-refractivity contribution in [3.63, 3.8) is 0 Å². The van der Waals surface area contributed by atoms with Crippen LogP contribution in [0.25, 0.3) is 0 Å². The minimum absolute atomic E-state index is 0.152. The van der Waals surface area contributed by atoms with Gasteiger partial charge in [-0.15, -0.1) is 0 Å². The van der Waals surface area contributed by atoms with Crippen LogP contribution < -0.4 is 5.32 Å². The van der Waals surface area contributed by atoms with Crippen LogP contribution in [-0.2, 0) is 11.2 Å². The molecular weight excluding hydrogens is 210 g/mol. The second-order valence-corrected chi connectivity index (χ2v) is 5.83. The van der Waals surface area contributed by atoms with Gasteiger partial charge < -0.3 is 5.32 Å². The SMILES string of the molecule is CC1(C)CCC(NC(=O)Cc2ccccc2)C1. The highest BCUT2D eigenvalue weighted by molar-refractivity contribution is 5.78. The van der Waals surface area contributed by atoms with Crippen LogP contribution in [-0.4, -0.2) is 11.9 Å². The topological polar surface area (TPSA) is 29.1 Å². The van der Waals surface area contributed by atoms with E-state index in [2.05, 4.69) is 19.2 Å². The maximum atomic E-state index is 11.9. The number of nitrogens with one attached hydrogen (secondary N) is 1. The van der Waals surface area contributed by atoms with Gasteiger partial charge in [0.2, 0.25) is 5.91 Å². The maximum Gasteiger partial charge on any atom is 0.224 e. The first-order chi connectivity index (χ1) is 8.05. The molecule has 1 aliphatic rings. The van der Waals surface area contributed by atoms with E-state index < -0.39 is 0 Å². The predicted molar refractivity (Wildman–Crippen MR) is 69.7 cm³/mol. The van der Waals surface area contributed by atoms with Gasteiger partial charge in [0.05, 0.1) is 6.42 Å². The number of carbonyl (C=O) groups excluding carboxylic acids is 1. The average molecular weight is 231 g/mol. The zero-order valence-corrected chi connectivity index (χ0v) is 10.7. The molecule has 1 saturated carbocycles. The smallest absolute Gasteiger partial charge is 0.224 e. The van der Waals surface area contributed by atoms with Crippen molar-refractivity contribution in [1.82, 2.24) is 5.32 Å². The lowest BCUT2D eigenvalue weighted by molar-refractivity contribution is -0.121. The molecule has 2 heteroatoms. The first-order valence-electron chi connectivity index (χ1n) is 6.38. The highest BCUT2D eigenvalue weighted by Crippen LogP contribution is 2.36. The fraction of sp³-hybridized carbons (Fsp3) is 0.533. The molecule has 2 nitrogen and oxygen atoms in total. The summed E-state index contributed by atoms with van der Waals surface area (Å²) in [6, 6.07) is 10.3. The van der Waals surface area contributed by atoms with Crippen LogP contribution in [0, 0.1) is 5.41 Å². The van der Waals surface area contributed by atoms with Crippen molar-refractivity contribution in [3.8, 4) is 0 Å². The fourth-order valence-corrected chi connectivity index (χ4v) is 2.62. The van der Waals surface area contributed by atoms with Gasteiger partial charge in [0, 0.05) is 6.04 Å². The van der Waals surface area contributed by atoms with Crippen molar-refractivity contribution in [2.75, 3.05) is 0 Å². The molecule has 1 aromatic carbocycles. The zero-order valence-electron chi connectivity index (χ0n) is 10.7. The van der Waals surface area contributed by atoms with Gasteiger partial charge in [-0.3, -0.25) is 4.79 Å². The lowest BCUT2D eigenvalue weighted by atomic mass is 9.92. The van der Waals surface area contributed by atoms with E-state index in [4.69, 9.17) is 0 Å². The molecule has 1 atom stereocenters. The lowest BCUT2D eigenvalue weighted by Crippen LogP contribution is -2.34. The number of amides is 1. The van der Waals surface area contributed by atoms with E-state index in [0.717, 1.165) is 18.4 Å². The van der Waals surface area contributed by atoms with Crippen LogP contribution >= 0.6 is 0 Å². The molecule has 0 radical (unpaired) electrons. The number of hydrogen-bond donors (Lipinski definition) is 1. The molecule has 1 fully saturated rings. The maximum absolute atomic E-state index is 11.9. The molecule has 0 aromatic heterocycles. The van der Waals surface area contributed by atoms with E-state index in [9.17, 15) is 4.79 Å². The third-order valence-electron chi connectivity index (χ3n) is 3.54. The highest BCUT2D eigenvalue weighted by atomic mass is 16.1. The predicted octanol–water partition coefficient (Wildman–Crippen LogP) is 2.92. The van der Waals surface area contributed by atoms with E-state index in [1.54, 1.807) is 0 Å². The second kappa shape index (κ2) is 4.91. The van der Waals surface area contributed by atoms with E-state index in [1.165, 1.54) is 6.42 Å². The Hall–Kier alpha value is -1.31. The molecule has 1 aliphatic carbocycles. The molecule has 0 saturated heterocycles. The molecule has 0 heterocycles. The van der Waals surface area contributed by atoms with Gasteiger partial charge in [-0.25, -0.2) is 0 Å². The third kappa shape index (κ3) is 3.58. The second-order valence-electron chi connectivity index (χ2n) is 5.83. The molecule has 0 aliphatic heterocycles. The van der Waals surface area contributed by atoms with Gasteiger partial charge in [0.25, 0.3) is 0 Å². The van der Waals surface area contributed by atoms with E-state index in [-0.39, 0.29) is 5.91 Å². The Kier molecular flexibility index (Phi) is 3.51. The van der Waals surface area contributed by atoms with Gasteiger partial charge in [0.15, 0.2) is 0 Å². The summed E-state index contributed by atoms with van der Waals surface area (Å²) in [5, 5.41) is 3.14. The quantitative estimate of drug-likeness (QED) is 0.851. The highest BCUT2D eigenvalue weighted by Gasteiger charge is 2.31. The van der Waals surface area contributed by atoms with Crippen LogP contribution in [0.15, 0.2) is 30.3 Å². The number of benzene rings is 1. The summed E-state index contributed by atoms with van der Waals surface area (Å²) in [7, 11) is 0. The van der Waals surface area contributed by atoms with Crippen LogP contribution in [0.1, 0.15) is 38.7 Å². The summed E-state index contributed by atoms with van der Waals surface area (Å²) in [6.07, 6.45) is 3.93. The summed E-state index contributed by atoms with van der Waals surface area (Å²) in [5.74, 6) is 0.152. The van der Waals surface area contributed by atoms with Crippen molar-refractivity contribution < 1.29 is 4.79 Å². The van der Waals surface area contributed by atoms with Gasteiger partial charge in [-0.1, -0.05) is 44.2 Å². The molecule has 0 spiro atoms. The number of hydrogen-bond acceptors (Lipinski definition) is 1. The van der Waals surface area contributed by atoms with Crippen LogP contribution in [0.4, 0.5) is 0 Å². The number of carbonyl (C=O) groups is 1. The summed E-state index contributed by atoms with van der Waals surface area (Å²) in [5.41, 5.74) is 1.48. The van der Waals surface area contributed by atoms with Gasteiger partial charge in [-0.05, 0) is 30.2 Å². The summed E-state index contributed by atoms with van der Waals surface area (Å²) in [6.45, 7) is 4.55. The van der Waals surface area contributed by atoms with Gasteiger partial charge in [0.1, 0.15) is 0 Å². The van der Waals surface area contributed by atoms with E-state index in [0.29, 0.717) is 17.9 Å². The Bertz CT molecular complexity index is 383. The van der Waals surface area contributed by atoms with Gasteiger partial charge >= 0.3 is 0 Å². The molecule has 17 heavy (non-hydrogen) atoms. The Morgan fingerprint density at radius 1 is 1.35 bits per heavy atom.